The van der Waals surface area contributed by atoms with Crippen LogP contribution in [0.4, 0.5) is 0 Å². The fourth-order valence-electron chi connectivity index (χ4n) is 2.75. The van der Waals surface area contributed by atoms with Crippen molar-refractivity contribution in [1.29, 1.82) is 0 Å². The van der Waals surface area contributed by atoms with Gasteiger partial charge in [-0.05, 0) is 31.2 Å². The second-order valence-electron chi connectivity index (χ2n) is 5.58. The standard InChI is InChI=1S/C16H20N2O3/c1-2-16(11-7-4-3-5-8-11)14(19)13(18-21-16)15(20)17-12-9-6-10-12/h3-5,7-8,12,18-19H,2,6,9-10H2,1H3,(H,17,20). The zero-order valence-corrected chi connectivity index (χ0v) is 12.1. The van der Waals surface area contributed by atoms with Crippen LogP contribution < -0.4 is 10.8 Å². The van der Waals surface area contributed by atoms with Gasteiger partial charge < -0.3 is 10.4 Å². The summed E-state index contributed by atoms with van der Waals surface area (Å²) in [5, 5.41) is 13.5. The third kappa shape index (κ3) is 2.27. The van der Waals surface area contributed by atoms with Crippen LogP contribution in [0.3, 0.4) is 0 Å². The van der Waals surface area contributed by atoms with Crippen LogP contribution >= 0.6 is 0 Å². The van der Waals surface area contributed by atoms with Crippen molar-refractivity contribution >= 4 is 5.91 Å². The number of hydroxylamine groups is 1. The summed E-state index contributed by atoms with van der Waals surface area (Å²) in [7, 11) is 0. The fourth-order valence-corrected chi connectivity index (χ4v) is 2.75. The fraction of sp³-hybridized carbons (Fsp3) is 0.438. The maximum absolute atomic E-state index is 12.2. The Morgan fingerprint density at radius 3 is 2.71 bits per heavy atom. The molecule has 1 amide bonds. The third-order valence-electron chi connectivity index (χ3n) is 4.35. The van der Waals surface area contributed by atoms with Crippen molar-refractivity contribution in [2.45, 2.75) is 44.2 Å². The first-order valence-electron chi connectivity index (χ1n) is 7.41. The van der Waals surface area contributed by atoms with Crippen molar-refractivity contribution in [2.24, 2.45) is 0 Å². The molecule has 0 aromatic heterocycles. The summed E-state index contributed by atoms with van der Waals surface area (Å²) in [5.41, 5.74) is 2.57. The molecule has 1 fully saturated rings. The molecule has 1 aromatic carbocycles. The normalized spacial score (nSPS) is 25.4. The predicted octanol–water partition coefficient (Wildman–Crippen LogP) is 2.26. The Kier molecular flexibility index (Phi) is 3.59. The van der Waals surface area contributed by atoms with E-state index in [-0.39, 0.29) is 23.4 Å². The minimum atomic E-state index is -0.993. The van der Waals surface area contributed by atoms with Crippen LogP contribution in [0, 0.1) is 0 Å². The quantitative estimate of drug-likeness (QED) is 0.795. The molecule has 0 spiro atoms. The largest absolute Gasteiger partial charge is 0.506 e. The predicted molar refractivity (Wildman–Crippen MR) is 78.1 cm³/mol. The van der Waals surface area contributed by atoms with Gasteiger partial charge in [-0.2, -0.15) is 0 Å². The average Bonchev–Trinajstić information content (AvgIpc) is 2.82. The maximum atomic E-state index is 12.2. The Morgan fingerprint density at radius 2 is 2.14 bits per heavy atom. The molecule has 2 aliphatic rings. The van der Waals surface area contributed by atoms with E-state index >= 15 is 0 Å². The molecule has 21 heavy (non-hydrogen) atoms. The second-order valence-corrected chi connectivity index (χ2v) is 5.58. The number of rotatable bonds is 4. The SMILES string of the molecule is CCC1(c2ccccc2)ONC(C(=O)NC2CCC2)=C1O. The molecule has 3 N–H and O–H groups in total. The smallest absolute Gasteiger partial charge is 0.273 e. The molecule has 0 saturated heterocycles. The molecular weight excluding hydrogens is 268 g/mol. The van der Waals surface area contributed by atoms with Crippen LogP contribution in [0.2, 0.25) is 0 Å². The lowest BCUT2D eigenvalue weighted by Crippen LogP contribution is -2.41. The zero-order chi connectivity index (χ0) is 14.9. The van der Waals surface area contributed by atoms with Gasteiger partial charge in [0.05, 0.1) is 0 Å². The average molecular weight is 288 g/mol. The van der Waals surface area contributed by atoms with Crippen molar-refractivity contribution < 1.29 is 14.7 Å². The van der Waals surface area contributed by atoms with E-state index in [1.54, 1.807) is 0 Å². The summed E-state index contributed by atoms with van der Waals surface area (Å²) >= 11 is 0. The number of hydrogen-bond donors (Lipinski definition) is 3. The molecule has 5 nitrogen and oxygen atoms in total. The van der Waals surface area contributed by atoms with Gasteiger partial charge in [0.25, 0.3) is 5.91 Å². The van der Waals surface area contributed by atoms with Crippen molar-refractivity contribution in [3.05, 3.63) is 47.4 Å². The van der Waals surface area contributed by atoms with Crippen molar-refractivity contribution in [2.75, 3.05) is 0 Å². The van der Waals surface area contributed by atoms with Gasteiger partial charge in [-0.1, -0.05) is 37.3 Å². The number of aliphatic hydroxyl groups is 1. The first-order chi connectivity index (χ1) is 10.2. The van der Waals surface area contributed by atoms with E-state index < -0.39 is 5.60 Å². The van der Waals surface area contributed by atoms with Gasteiger partial charge in [0.2, 0.25) is 0 Å². The van der Waals surface area contributed by atoms with Gasteiger partial charge in [-0.25, -0.2) is 0 Å². The molecule has 1 aliphatic carbocycles. The highest BCUT2D eigenvalue weighted by atomic mass is 16.7. The molecule has 0 bridgehead atoms. The van der Waals surface area contributed by atoms with Gasteiger partial charge in [-0.15, -0.1) is 0 Å². The van der Waals surface area contributed by atoms with Gasteiger partial charge in [0.15, 0.2) is 17.1 Å². The van der Waals surface area contributed by atoms with Crippen molar-refractivity contribution in [1.82, 2.24) is 10.8 Å². The van der Waals surface area contributed by atoms with E-state index in [0.717, 1.165) is 24.8 Å². The third-order valence-corrected chi connectivity index (χ3v) is 4.35. The lowest BCUT2D eigenvalue weighted by molar-refractivity contribution is -0.121. The van der Waals surface area contributed by atoms with Crippen LogP contribution in [0.25, 0.3) is 0 Å². The molecule has 1 unspecified atom stereocenters. The van der Waals surface area contributed by atoms with E-state index in [1.807, 2.05) is 37.3 Å². The summed E-state index contributed by atoms with van der Waals surface area (Å²) in [6.45, 7) is 1.91. The molecule has 1 saturated carbocycles. The van der Waals surface area contributed by atoms with E-state index in [4.69, 9.17) is 4.84 Å². The molecule has 112 valence electrons. The summed E-state index contributed by atoms with van der Waals surface area (Å²) in [5.74, 6) is -0.350. The number of hydrogen-bond acceptors (Lipinski definition) is 4. The van der Waals surface area contributed by atoms with Crippen molar-refractivity contribution in [3.63, 3.8) is 0 Å². The number of benzene rings is 1. The minimum absolute atomic E-state index is 0.0481. The first-order valence-corrected chi connectivity index (χ1v) is 7.41. The zero-order valence-electron chi connectivity index (χ0n) is 12.1. The van der Waals surface area contributed by atoms with Crippen molar-refractivity contribution in [3.8, 4) is 0 Å². The molecule has 3 rings (SSSR count). The van der Waals surface area contributed by atoms with Crippen LogP contribution in [-0.2, 0) is 15.2 Å². The Labute approximate surface area is 124 Å². The number of aliphatic hydroxyl groups excluding tert-OH is 1. The molecule has 0 radical (unpaired) electrons. The number of carbonyl (C=O) groups is 1. The van der Waals surface area contributed by atoms with Gasteiger partial charge in [0, 0.05) is 6.04 Å². The topological polar surface area (TPSA) is 70.6 Å². The second kappa shape index (κ2) is 5.41. The Hall–Kier alpha value is -2.01. The molecule has 1 heterocycles. The van der Waals surface area contributed by atoms with Gasteiger partial charge >= 0.3 is 0 Å². The molecule has 5 heteroatoms. The summed E-state index contributed by atoms with van der Waals surface area (Å²) < 4.78 is 0. The Morgan fingerprint density at radius 1 is 1.43 bits per heavy atom. The number of carbonyl (C=O) groups excluding carboxylic acids is 1. The Balaban J connectivity index is 1.88. The van der Waals surface area contributed by atoms with Crippen LogP contribution in [0.15, 0.2) is 41.8 Å². The minimum Gasteiger partial charge on any atom is -0.506 e. The van der Waals surface area contributed by atoms with Crippen LogP contribution in [0.1, 0.15) is 38.2 Å². The van der Waals surface area contributed by atoms with Crippen LogP contribution in [-0.4, -0.2) is 17.1 Å². The lowest BCUT2D eigenvalue weighted by Gasteiger charge is -2.26. The highest BCUT2D eigenvalue weighted by Crippen LogP contribution is 2.40. The lowest BCUT2D eigenvalue weighted by atomic mass is 9.88. The van der Waals surface area contributed by atoms with E-state index in [0.29, 0.717) is 6.42 Å². The molecule has 1 aromatic rings. The number of nitrogens with one attached hydrogen (secondary N) is 2. The maximum Gasteiger partial charge on any atom is 0.273 e. The van der Waals surface area contributed by atoms with Gasteiger partial charge in [0.1, 0.15) is 0 Å². The number of amides is 1. The first kappa shape index (κ1) is 13.9. The van der Waals surface area contributed by atoms with Crippen LogP contribution in [0.5, 0.6) is 0 Å². The van der Waals surface area contributed by atoms with E-state index in [1.165, 1.54) is 0 Å². The molecular formula is C16H20N2O3. The molecule has 1 aliphatic heterocycles. The highest BCUT2D eigenvalue weighted by molar-refractivity contribution is 5.94. The Bertz CT molecular complexity index is 566. The van der Waals surface area contributed by atoms with Gasteiger partial charge in [-0.3, -0.25) is 15.1 Å². The summed E-state index contributed by atoms with van der Waals surface area (Å²) in [4.78, 5) is 17.8. The summed E-state index contributed by atoms with van der Waals surface area (Å²) in [6.07, 6.45) is 3.66. The molecule has 1 atom stereocenters. The highest BCUT2D eigenvalue weighted by Gasteiger charge is 2.46. The monoisotopic (exact) mass is 288 g/mol. The van der Waals surface area contributed by atoms with E-state index in [2.05, 4.69) is 10.8 Å². The van der Waals surface area contributed by atoms with E-state index in [9.17, 15) is 9.90 Å². The summed E-state index contributed by atoms with van der Waals surface area (Å²) in [6, 6.07) is 9.65.